The molecule has 0 aromatic carbocycles. The largest absolute Gasteiger partial charge is 0.333 e. The summed E-state index contributed by atoms with van der Waals surface area (Å²) < 4.78 is 0.922. The number of aromatic nitrogens is 4. The highest BCUT2D eigenvalue weighted by Crippen LogP contribution is 2.11. The van der Waals surface area contributed by atoms with Crippen LogP contribution in [0.4, 0.5) is 0 Å². The highest BCUT2D eigenvalue weighted by Gasteiger charge is 2.17. The third kappa shape index (κ3) is 1.69. The molecule has 0 unspecified atom stereocenters. The number of H-pyrrole nitrogens is 2. The lowest BCUT2D eigenvalue weighted by Crippen LogP contribution is -2.37. The molecule has 0 aliphatic rings. The zero-order valence-electron chi connectivity index (χ0n) is 10.2. The number of hydrogen-bond acceptors (Lipinski definition) is 4. The molecule has 2 N–H and O–H groups in total. The summed E-state index contributed by atoms with van der Waals surface area (Å²) in [7, 11) is 0. The van der Waals surface area contributed by atoms with Gasteiger partial charge in [-0.25, -0.2) is 9.36 Å². The minimum atomic E-state index is -0.640. The number of Topliss-reactive ketones (excluding diaryl/α,β-unsaturated/α-hetero) is 1. The smallest absolute Gasteiger partial charge is 0.313 e. The van der Waals surface area contributed by atoms with Gasteiger partial charge >= 0.3 is 5.69 Å². The molecular weight excluding hydrogens is 236 g/mol. The summed E-state index contributed by atoms with van der Waals surface area (Å²) in [6.45, 7) is 4.64. The fraction of sp³-hybridized carbons (Fsp3) is 0.273. The Kier molecular flexibility index (Phi) is 2.74. The molecule has 7 heteroatoms. The quantitative estimate of drug-likeness (QED) is 0.734. The molecule has 0 aliphatic heterocycles. The van der Waals surface area contributed by atoms with Crippen LogP contribution < -0.4 is 11.2 Å². The standard InChI is InChI=1S/C11H12N4O3/c1-5-9(6(2)14-13-5)15-10(17)8(7(3)16)4-12-11(15)18/h4H,1-3H3,(H,12,18)(H,13,14). The van der Waals surface area contributed by atoms with Gasteiger partial charge in [0.1, 0.15) is 0 Å². The lowest BCUT2D eigenvalue weighted by molar-refractivity contribution is 0.101. The topological polar surface area (TPSA) is 101 Å². The molecule has 94 valence electrons. The lowest BCUT2D eigenvalue weighted by atomic mass is 10.2. The number of hydrogen-bond donors (Lipinski definition) is 2. The highest BCUT2D eigenvalue weighted by atomic mass is 16.2. The van der Waals surface area contributed by atoms with Crippen molar-refractivity contribution in [2.75, 3.05) is 0 Å². The summed E-state index contributed by atoms with van der Waals surface area (Å²) in [5, 5.41) is 6.62. The normalized spacial score (nSPS) is 10.6. The molecule has 0 fully saturated rings. The van der Waals surface area contributed by atoms with Crippen LogP contribution in [0.3, 0.4) is 0 Å². The molecule has 0 amide bonds. The van der Waals surface area contributed by atoms with Crippen molar-refractivity contribution < 1.29 is 4.79 Å². The molecule has 18 heavy (non-hydrogen) atoms. The van der Waals surface area contributed by atoms with Gasteiger partial charge in [0.25, 0.3) is 5.56 Å². The number of nitrogens with one attached hydrogen (secondary N) is 2. The average Bonchev–Trinajstić information content (AvgIpc) is 2.60. The predicted octanol–water partition coefficient (Wildman–Crippen LogP) is 0.0683. The Hall–Kier alpha value is -2.44. The molecule has 0 spiro atoms. The van der Waals surface area contributed by atoms with E-state index >= 15 is 0 Å². The average molecular weight is 248 g/mol. The van der Waals surface area contributed by atoms with E-state index in [2.05, 4.69) is 15.2 Å². The van der Waals surface area contributed by atoms with Crippen LogP contribution in [-0.4, -0.2) is 25.5 Å². The minimum absolute atomic E-state index is 0.0606. The zero-order valence-corrected chi connectivity index (χ0v) is 10.2. The molecule has 2 heterocycles. The van der Waals surface area contributed by atoms with Crippen LogP contribution in [0.1, 0.15) is 28.7 Å². The summed E-state index contributed by atoms with van der Waals surface area (Å²) in [4.78, 5) is 37.6. The van der Waals surface area contributed by atoms with E-state index in [4.69, 9.17) is 0 Å². The summed E-state index contributed by atoms with van der Waals surface area (Å²) >= 11 is 0. The van der Waals surface area contributed by atoms with E-state index in [9.17, 15) is 14.4 Å². The van der Waals surface area contributed by atoms with Crippen molar-refractivity contribution in [1.82, 2.24) is 19.7 Å². The van der Waals surface area contributed by atoms with Crippen LogP contribution in [0.25, 0.3) is 5.69 Å². The molecule has 2 aromatic heterocycles. The van der Waals surface area contributed by atoms with E-state index in [1.54, 1.807) is 13.8 Å². The summed E-state index contributed by atoms with van der Waals surface area (Å²) in [6, 6.07) is 0. The second-order valence-electron chi connectivity index (χ2n) is 3.99. The van der Waals surface area contributed by atoms with Gasteiger partial charge in [0, 0.05) is 6.20 Å². The maximum absolute atomic E-state index is 12.1. The van der Waals surface area contributed by atoms with Crippen LogP contribution in [0.2, 0.25) is 0 Å². The first-order valence-electron chi connectivity index (χ1n) is 5.31. The first kappa shape index (κ1) is 12.0. The van der Waals surface area contributed by atoms with Gasteiger partial charge in [-0.05, 0) is 20.8 Å². The Morgan fingerprint density at radius 2 is 2.00 bits per heavy atom. The number of nitrogens with zero attached hydrogens (tertiary/aromatic N) is 2. The Morgan fingerprint density at radius 1 is 1.33 bits per heavy atom. The number of aromatic amines is 2. The second-order valence-corrected chi connectivity index (χ2v) is 3.99. The summed E-state index contributed by atoms with van der Waals surface area (Å²) in [5.41, 5.74) is 0.178. The first-order chi connectivity index (χ1) is 8.43. The highest BCUT2D eigenvalue weighted by molar-refractivity contribution is 5.93. The zero-order chi connectivity index (χ0) is 13.4. The van der Waals surface area contributed by atoms with E-state index in [-0.39, 0.29) is 5.56 Å². The second kappa shape index (κ2) is 4.10. The molecule has 0 atom stereocenters. The fourth-order valence-electron chi connectivity index (χ4n) is 1.80. The van der Waals surface area contributed by atoms with Crippen molar-refractivity contribution in [2.45, 2.75) is 20.8 Å². The van der Waals surface area contributed by atoms with Crippen LogP contribution in [-0.2, 0) is 0 Å². The maximum atomic E-state index is 12.1. The van der Waals surface area contributed by atoms with Gasteiger partial charge in [0.15, 0.2) is 5.78 Å². The van der Waals surface area contributed by atoms with Crippen LogP contribution in [0, 0.1) is 13.8 Å². The summed E-state index contributed by atoms with van der Waals surface area (Å²) in [6.07, 6.45) is 1.13. The van der Waals surface area contributed by atoms with Gasteiger partial charge in [0.2, 0.25) is 0 Å². The van der Waals surface area contributed by atoms with Crippen molar-refractivity contribution in [3.05, 3.63) is 44.0 Å². The first-order valence-corrected chi connectivity index (χ1v) is 5.31. The van der Waals surface area contributed by atoms with Crippen molar-refractivity contribution in [3.63, 3.8) is 0 Å². The van der Waals surface area contributed by atoms with E-state index in [0.29, 0.717) is 17.1 Å². The summed E-state index contributed by atoms with van der Waals surface area (Å²) in [5.74, 6) is -0.399. The lowest BCUT2D eigenvalue weighted by Gasteiger charge is -2.05. The minimum Gasteiger partial charge on any atom is -0.313 e. The van der Waals surface area contributed by atoms with Gasteiger partial charge in [-0.2, -0.15) is 5.10 Å². The van der Waals surface area contributed by atoms with Crippen LogP contribution in [0.15, 0.2) is 15.8 Å². The third-order valence-electron chi connectivity index (χ3n) is 2.67. The molecule has 0 radical (unpaired) electrons. The Bertz CT molecular complexity index is 716. The number of carbonyl (C=O) groups excluding carboxylic acids is 1. The van der Waals surface area contributed by atoms with Gasteiger partial charge < -0.3 is 4.98 Å². The molecular formula is C11H12N4O3. The molecule has 2 aromatic rings. The SMILES string of the molecule is CC(=O)c1c[nH]c(=O)n(-c2c(C)n[nH]c2C)c1=O. The molecule has 2 rings (SSSR count). The van der Waals surface area contributed by atoms with E-state index < -0.39 is 17.0 Å². The number of rotatable bonds is 2. The Balaban J connectivity index is 2.88. The molecule has 0 aliphatic carbocycles. The predicted molar refractivity (Wildman–Crippen MR) is 64.3 cm³/mol. The number of ketones is 1. The Labute approximate surface area is 101 Å². The molecule has 0 bridgehead atoms. The monoisotopic (exact) mass is 248 g/mol. The van der Waals surface area contributed by atoms with Crippen molar-refractivity contribution in [1.29, 1.82) is 0 Å². The van der Waals surface area contributed by atoms with Gasteiger partial charge in [-0.15, -0.1) is 0 Å². The molecule has 0 saturated carbocycles. The van der Waals surface area contributed by atoms with Crippen LogP contribution >= 0.6 is 0 Å². The maximum Gasteiger partial charge on any atom is 0.333 e. The third-order valence-corrected chi connectivity index (χ3v) is 2.67. The van der Waals surface area contributed by atoms with Crippen molar-refractivity contribution in [3.8, 4) is 5.69 Å². The number of carbonyl (C=O) groups is 1. The van der Waals surface area contributed by atoms with E-state index in [1.807, 2.05) is 0 Å². The molecule has 7 nitrogen and oxygen atoms in total. The van der Waals surface area contributed by atoms with Gasteiger partial charge in [-0.1, -0.05) is 0 Å². The van der Waals surface area contributed by atoms with Crippen LogP contribution in [0.5, 0.6) is 0 Å². The number of aryl methyl sites for hydroxylation is 2. The fourth-order valence-corrected chi connectivity index (χ4v) is 1.80. The van der Waals surface area contributed by atoms with Gasteiger partial charge in [0.05, 0.1) is 22.6 Å². The van der Waals surface area contributed by atoms with Crippen molar-refractivity contribution >= 4 is 5.78 Å². The van der Waals surface area contributed by atoms with Gasteiger partial charge in [-0.3, -0.25) is 14.7 Å². The van der Waals surface area contributed by atoms with Crippen molar-refractivity contribution in [2.24, 2.45) is 0 Å². The van der Waals surface area contributed by atoms with E-state index in [1.165, 1.54) is 6.92 Å². The Morgan fingerprint density at radius 3 is 2.50 bits per heavy atom. The molecule has 0 saturated heterocycles. The van der Waals surface area contributed by atoms with E-state index in [0.717, 1.165) is 10.8 Å².